The number of benzene rings is 1. The summed E-state index contributed by atoms with van der Waals surface area (Å²) in [5.41, 5.74) is 1.04. The van der Waals surface area contributed by atoms with E-state index in [1.54, 1.807) is 14.0 Å². The van der Waals surface area contributed by atoms with Crippen LogP contribution in [0, 0.1) is 0 Å². The molecule has 0 saturated carbocycles. The molecule has 0 amide bonds. The average Bonchev–Trinajstić information content (AvgIpc) is 2.31. The normalized spacial score (nSPS) is 12.0. The Morgan fingerprint density at radius 2 is 2.12 bits per heavy atom. The van der Waals surface area contributed by atoms with Crippen LogP contribution < -0.4 is 9.47 Å². The first-order valence-electron chi connectivity index (χ1n) is 5.52. The van der Waals surface area contributed by atoms with Crippen molar-refractivity contribution in [3.05, 3.63) is 23.8 Å². The van der Waals surface area contributed by atoms with Crippen LogP contribution in [-0.2, 0) is 11.2 Å². The van der Waals surface area contributed by atoms with Crippen LogP contribution in [0.5, 0.6) is 11.5 Å². The molecule has 0 bridgehead atoms. The Labute approximate surface area is 110 Å². The van der Waals surface area contributed by atoms with Crippen molar-refractivity contribution in [3.8, 4) is 11.5 Å². The molecule has 94 valence electrons. The lowest BCUT2D eigenvalue weighted by Gasteiger charge is -2.12. The topological polar surface area (TPSA) is 35.5 Å². The lowest BCUT2D eigenvalue weighted by atomic mass is 10.1. The molecule has 0 aliphatic heterocycles. The van der Waals surface area contributed by atoms with Gasteiger partial charge in [0.05, 0.1) is 18.5 Å². The smallest absolute Gasteiger partial charge is 0.161 e. The molecule has 0 fully saturated rings. The molecule has 0 N–H and O–H groups in total. The van der Waals surface area contributed by atoms with Gasteiger partial charge in [-0.15, -0.1) is 0 Å². The zero-order valence-electron chi connectivity index (χ0n) is 10.3. The number of rotatable bonds is 6. The first kappa shape index (κ1) is 14.0. The summed E-state index contributed by atoms with van der Waals surface area (Å²) in [6, 6.07) is 5.73. The van der Waals surface area contributed by atoms with Crippen LogP contribution >= 0.6 is 15.9 Å². The first-order chi connectivity index (χ1) is 8.08. The van der Waals surface area contributed by atoms with Crippen LogP contribution in [0.15, 0.2) is 18.2 Å². The molecule has 3 nitrogen and oxygen atoms in total. The van der Waals surface area contributed by atoms with E-state index in [1.165, 1.54) is 0 Å². The molecule has 4 heteroatoms. The minimum atomic E-state index is -0.148. The lowest BCUT2D eigenvalue weighted by Crippen LogP contribution is -2.12. The number of alkyl halides is 1. The number of methoxy groups -OCH3 is 1. The van der Waals surface area contributed by atoms with E-state index in [-0.39, 0.29) is 10.6 Å². The van der Waals surface area contributed by atoms with Crippen LogP contribution in [0.2, 0.25) is 0 Å². The van der Waals surface area contributed by atoms with Crippen LogP contribution in [0.4, 0.5) is 0 Å². The van der Waals surface area contributed by atoms with Gasteiger partial charge in [-0.05, 0) is 38.0 Å². The van der Waals surface area contributed by atoms with Crippen molar-refractivity contribution in [1.29, 1.82) is 0 Å². The Bertz CT molecular complexity index is 390. The van der Waals surface area contributed by atoms with Gasteiger partial charge in [0.1, 0.15) is 5.78 Å². The van der Waals surface area contributed by atoms with E-state index >= 15 is 0 Å². The quantitative estimate of drug-likeness (QED) is 0.758. The second kappa shape index (κ2) is 6.64. The maximum absolute atomic E-state index is 11.2. The van der Waals surface area contributed by atoms with Gasteiger partial charge in [0, 0.05) is 0 Å². The number of carbonyl (C=O) groups excluding carboxylic acids is 1. The van der Waals surface area contributed by atoms with Gasteiger partial charge < -0.3 is 9.47 Å². The predicted octanol–water partition coefficient (Wildman–Crippen LogP) is 2.99. The number of carbonyl (C=O) groups is 1. The largest absolute Gasteiger partial charge is 0.493 e. The van der Waals surface area contributed by atoms with E-state index < -0.39 is 0 Å². The third-order valence-electron chi connectivity index (χ3n) is 2.38. The second-order valence-corrected chi connectivity index (χ2v) is 4.81. The maximum Gasteiger partial charge on any atom is 0.161 e. The van der Waals surface area contributed by atoms with Crippen molar-refractivity contribution in [3.63, 3.8) is 0 Å². The van der Waals surface area contributed by atoms with E-state index in [9.17, 15) is 4.79 Å². The van der Waals surface area contributed by atoms with E-state index in [2.05, 4.69) is 15.9 Å². The van der Waals surface area contributed by atoms with Gasteiger partial charge in [-0.2, -0.15) is 0 Å². The number of hydrogen-bond acceptors (Lipinski definition) is 3. The highest BCUT2D eigenvalue weighted by molar-refractivity contribution is 9.10. The summed E-state index contributed by atoms with van der Waals surface area (Å²) in [5.74, 6) is 1.55. The summed E-state index contributed by atoms with van der Waals surface area (Å²) in [4.78, 5) is 11.0. The van der Waals surface area contributed by atoms with Crippen LogP contribution in [0.1, 0.15) is 19.4 Å². The SMILES string of the molecule is CCOc1ccc(CC(Br)C(C)=O)cc1OC. The number of ether oxygens (including phenoxy) is 2. The van der Waals surface area contributed by atoms with E-state index in [0.717, 1.165) is 11.3 Å². The van der Waals surface area contributed by atoms with Gasteiger partial charge in [0.15, 0.2) is 11.5 Å². The van der Waals surface area contributed by atoms with Crippen LogP contribution in [-0.4, -0.2) is 24.3 Å². The summed E-state index contributed by atoms with van der Waals surface area (Å²) in [5, 5.41) is 0. The van der Waals surface area contributed by atoms with Crippen LogP contribution in [0.25, 0.3) is 0 Å². The molecule has 0 aromatic heterocycles. The van der Waals surface area contributed by atoms with Gasteiger partial charge in [0.25, 0.3) is 0 Å². The third kappa shape index (κ3) is 4.04. The fraction of sp³-hybridized carbons (Fsp3) is 0.462. The van der Waals surface area contributed by atoms with Crippen LogP contribution in [0.3, 0.4) is 0 Å². The van der Waals surface area contributed by atoms with Crippen molar-refractivity contribution < 1.29 is 14.3 Å². The fourth-order valence-corrected chi connectivity index (χ4v) is 1.84. The molecule has 1 rings (SSSR count). The summed E-state index contributed by atoms with van der Waals surface area (Å²) >= 11 is 3.35. The van der Waals surface area contributed by atoms with Gasteiger partial charge in [-0.1, -0.05) is 22.0 Å². The Kier molecular flexibility index (Phi) is 5.48. The lowest BCUT2D eigenvalue weighted by molar-refractivity contribution is -0.116. The van der Waals surface area contributed by atoms with Gasteiger partial charge in [0.2, 0.25) is 0 Å². The molecule has 1 unspecified atom stereocenters. The van der Waals surface area contributed by atoms with Crippen molar-refractivity contribution in [2.45, 2.75) is 25.1 Å². The fourth-order valence-electron chi connectivity index (χ4n) is 1.46. The zero-order chi connectivity index (χ0) is 12.8. The van der Waals surface area contributed by atoms with Crippen molar-refractivity contribution in [1.82, 2.24) is 0 Å². The summed E-state index contributed by atoms with van der Waals surface area (Å²) in [6.45, 7) is 4.10. The zero-order valence-corrected chi connectivity index (χ0v) is 11.9. The minimum absolute atomic E-state index is 0.123. The minimum Gasteiger partial charge on any atom is -0.493 e. The van der Waals surface area contributed by atoms with Gasteiger partial charge in [-0.25, -0.2) is 0 Å². The summed E-state index contributed by atoms with van der Waals surface area (Å²) < 4.78 is 10.7. The molecule has 17 heavy (non-hydrogen) atoms. The second-order valence-electron chi connectivity index (χ2n) is 3.70. The highest BCUT2D eigenvalue weighted by Crippen LogP contribution is 2.29. The Hall–Kier alpha value is -1.03. The van der Waals surface area contributed by atoms with Crippen molar-refractivity contribution in [2.75, 3.05) is 13.7 Å². The van der Waals surface area contributed by atoms with Crippen molar-refractivity contribution >= 4 is 21.7 Å². The molecule has 0 heterocycles. The monoisotopic (exact) mass is 300 g/mol. The number of Topliss-reactive ketones (excluding diaryl/α,β-unsaturated/α-hetero) is 1. The summed E-state index contributed by atoms with van der Waals surface area (Å²) in [7, 11) is 1.61. The molecule has 0 radical (unpaired) electrons. The Balaban J connectivity index is 2.85. The molecular formula is C13H17BrO3. The van der Waals surface area contributed by atoms with Gasteiger partial charge >= 0.3 is 0 Å². The van der Waals surface area contributed by atoms with E-state index in [0.29, 0.717) is 18.8 Å². The molecule has 0 aliphatic rings. The first-order valence-corrected chi connectivity index (χ1v) is 6.44. The summed E-state index contributed by atoms with van der Waals surface area (Å²) in [6.07, 6.45) is 0.651. The highest BCUT2D eigenvalue weighted by Gasteiger charge is 2.12. The molecule has 0 aliphatic carbocycles. The van der Waals surface area contributed by atoms with E-state index in [1.807, 2.05) is 25.1 Å². The molecule has 1 aromatic rings. The molecule has 0 saturated heterocycles. The Morgan fingerprint density at radius 3 is 2.65 bits per heavy atom. The average molecular weight is 301 g/mol. The van der Waals surface area contributed by atoms with Gasteiger partial charge in [-0.3, -0.25) is 4.79 Å². The highest BCUT2D eigenvalue weighted by atomic mass is 79.9. The third-order valence-corrected chi connectivity index (χ3v) is 3.35. The molecule has 1 aromatic carbocycles. The standard InChI is InChI=1S/C13H17BrO3/c1-4-17-12-6-5-10(8-13(12)16-3)7-11(14)9(2)15/h5-6,8,11H,4,7H2,1-3H3. The number of halogens is 1. The van der Waals surface area contributed by atoms with Crippen molar-refractivity contribution in [2.24, 2.45) is 0 Å². The molecule has 1 atom stereocenters. The Morgan fingerprint density at radius 1 is 1.41 bits per heavy atom. The maximum atomic E-state index is 11.2. The predicted molar refractivity (Wildman–Crippen MR) is 71.3 cm³/mol. The van der Waals surface area contributed by atoms with E-state index in [4.69, 9.17) is 9.47 Å². The molecular weight excluding hydrogens is 284 g/mol. The molecule has 0 spiro atoms. The number of hydrogen-bond donors (Lipinski definition) is 0. The number of ketones is 1.